The molecule has 2 aromatic rings. The third kappa shape index (κ3) is 4.75. The highest BCUT2D eigenvalue weighted by atomic mass is 28.4. The molecule has 0 fully saturated rings. The lowest BCUT2D eigenvalue weighted by Crippen LogP contribution is -2.44. The van der Waals surface area contributed by atoms with Crippen LogP contribution in [0.25, 0.3) is 10.8 Å². The van der Waals surface area contributed by atoms with Crippen molar-refractivity contribution in [1.29, 1.82) is 0 Å². The molecule has 0 atom stereocenters. The molecule has 2 aromatic carbocycles. The lowest BCUT2D eigenvalue weighted by Gasteiger charge is -2.38. The zero-order chi connectivity index (χ0) is 21.7. The molecular formula is C22H35FO2Si2. The minimum atomic E-state index is -2.13. The number of rotatable bonds is 4. The van der Waals surface area contributed by atoms with Crippen LogP contribution in [0.15, 0.2) is 30.3 Å². The number of hydrogen-bond donors (Lipinski definition) is 0. The topological polar surface area (TPSA) is 18.5 Å². The van der Waals surface area contributed by atoms with E-state index in [1.807, 2.05) is 12.1 Å². The molecule has 0 radical (unpaired) electrons. The van der Waals surface area contributed by atoms with Crippen LogP contribution in [0.5, 0.6) is 11.5 Å². The number of fused-ring (bicyclic) bond motifs is 1. The molecule has 0 aliphatic rings. The predicted molar refractivity (Wildman–Crippen MR) is 120 cm³/mol. The summed E-state index contributed by atoms with van der Waals surface area (Å²) >= 11 is 0. The fourth-order valence-corrected chi connectivity index (χ4v) is 4.27. The summed E-state index contributed by atoms with van der Waals surface area (Å²) in [7, 11) is -4.17. The normalized spacial score (nSPS) is 14.3. The van der Waals surface area contributed by atoms with E-state index in [1.165, 1.54) is 6.07 Å². The summed E-state index contributed by atoms with van der Waals surface area (Å²) in [5, 5.41) is 1.55. The van der Waals surface area contributed by atoms with Gasteiger partial charge in [-0.1, -0.05) is 47.6 Å². The van der Waals surface area contributed by atoms with Crippen LogP contribution in [0.1, 0.15) is 42.9 Å². The van der Waals surface area contributed by atoms with Gasteiger partial charge < -0.3 is 8.85 Å². The van der Waals surface area contributed by atoms with Gasteiger partial charge in [-0.25, -0.2) is 4.39 Å². The Kier molecular flexibility index (Phi) is 5.23. The van der Waals surface area contributed by atoms with Gasteiger partial charge in [0.25, 0.3) is 8.32 Å². The van der Waals surface area contributed by atoms with Crippen molar-refractivity contribution >= 4 is 27.4 Å². The summed E-state index contributed by atoms with van der Waals surface area (Å²) in [5.74, 6) is 0.848. The van der Waals surface area contributed by atoms with Gasteiger partial charge in [0.15, 0.2) is 0 Å². The van der Waals surface area contributed by atoms with E-state index in [0.717, 1.165) is 11.1 Å². The van der Waals surface area contributed by atoms with Gasteiger partial charge in [-0.2, -0.15) is 0 Å². The van der Waals surface area contributed by atoms with Crippen molar-refractivity contribution in [3.63, 3.8) is 0 Å². The van der Waals surface area contributed by atoms with E-state index >= 15 is 0 Å². The van der Waals surface area contributed by atoms with E-state index < -0.39 is 22.5 Å². The van der Waals surface area contributed by atoms with Crippen molar-refractivity contribution in [3.05, 3.63) is 36.1 Å². The quantitative estimate of drug-likeness (QED) is 0.482. The van der Waals surface area contributed by atoms with Gasteiger partial charge in [0, 0.05) is 11.5 Å². The summed E-state index contributed by atoms with van der Waals surface area (Å²) < 4.78 is 35.1. The molecule has 0 unspecified atom stereocenters. The molecule has 0 bridgehead atoms. The largest absolute Gasteiger partial charge is 0.543 e. The predicted octanol–water partition coefficient (Wildman–Crippen LogP) is 7.75. The molecule has 5 heteroatoms. The third-order valence-corrected chi connectivity index (χ3v) is 14.8. The van der Waals surface area contributed by atoms with Crippen LogP contribution in [-0.2, 0) is 0 Å². The molecule has 0 N–H and O–H groups in total. The first-order valence-electron chi connectivity index (χ1n) is 10.1. The zero-order valence-corrected chi connectivity index (χ0v) is 20.5. The SMILES string of the molecule is [2H]c1cc2cc(O[Si](C)(C)C(C)(C)C)cc(O[Si](C)(C)C(C)(C)C)c2cc1F. The summed E-state index contributed by atoms with van der Waals surface area (Å²) in [6, 6.07) is 6.67. The first-order chi connectivity index (χ1) is 12.4. The van der Waals surface area contributed by atoms with Crippen molar-refractivity contribution in [2.45, 2.75) is 77.8 Å². The van der Waals surface area contributed by atoms with Gasteiger partial charge in [0.05, 0.1) is 1.37 Å². The van der Waals surface area contributed by atoms with Gasteiger partial charge in [0.1, 0.15) is 17.3 Å². The second kappa shape index (κ2) is 6.92. The van der Waals surface area contributed by atoms with Crippen molar-refractivity contribution in [2.75, 3.05) is 0 Å². The molecule has 0 saturated heterocycles. The summed E-state index contributed by atoms with van der Waals surface area (Å²) in [5.41, 5.74) is 0. The van der Waals surface area contributed by atoms with Crippen LogP contribution in [0, 0.1) is 5.82 Å². The van der Waals surface area contributed by atoms with Crippen LogP contribution in [0.4, 0.5) is 4.39 Å². The summed E-state index contributed by atoms with van der Waals surface area (Å²) in [4.78, 5) is 0. The standard InChI is InChI=1S/C22H35FO2Si2/c1-21(2,3)26(7,8)24-18-13-16-11-12-17(23)14-19(16)20(15-18)25-27(9,10)22(4,5)6/h11-15H,1-10H3/i12D. The van der Waals surface area contributed by atoms with Crippen LogP contribution in [-0.4, -0.2) is 16.6 Å². The minimum absolute atomic E-state index is 0.0174. The fourth-order valence-electron chi connectivity index (χ4n) is 2.23. The van der Waals surface area contributed by atoms with E-state index in [4.69, 9.17) is 10.2 Å². The molecule has 2 nitrogen and oxygen atoms in total. The smallest absolute Gasteiger partial charge is 0.250 e. The van der Waals surface area contributed by atoms with Crippen molar-refractivity contribution in [3.8, 4) is 11.5 Å². The number of hydrogen-bond acceptors (Lipinski definition) is 2. The Morgan fingerprint density at radius 3 is 1.89 bits per heavy atom. The summed E-state index contributed by atoms with van der Waals surface area (Å²) in [6.45, 7) is 21.9. The molecule has 0 aromatic heterocycles. The van der Waals surface area contributed by atoms with E-state index in [0.29, 0.717) is 11.1 Å². The van der Waals surface area contributed by atoms with Gasteiger partial charge in [-0.15, -0.1) is 0 Å². The Hall–Kier alpha value is -1.34. The van der Waals surface area contributed by atoms with Gasteiger partial charge in [0.2, 0.25) is 8.32 Å². The fraction of sp³-hybridized carbons (Fsp3) is 0.545. The van der Waals surface area contributed by atoms with Crippen molar-refractivity contribution in [1.82, 2.24) is 0 Å². The maximum Gasteiger partial charge on any atom is 0.250 e. The van der Waals surface area contributed by atoms with Crippen LogP contribution in [0.2, 0.25) is 36.3 Å². The lowest BCUT2D eigenvalue weighted by molar-refractivity contribution is 0.477. The van der Waals surface area contributed by atoms with E-state index in [2.05, 4.69) is 67.7 Å². The summed E-state index contributed by atoms with van der Waals surface area (Å²) in [6.07, 6.45) is 0. The van der Waals surface area contributed by atoms with Crippen LogP contribution in [0.3, 0.4) is 0 Å². The van der Waals surface area contributed by atoms with Gasteiger partial charge in [-0.05, 0) is 59.8 Å². The van der Waals surface area contributed by atoms with Crippen molar-refractivity contribution in [2.24, 2.45) is 0 Å². The molecule has 0 saturated carbocycles. The molecule has 0 heterocycles. The molecule has 0 spiro atoms. The average Bonchev–Trinajstić information content (AvgIpc) is 2.46. The van der Waals surface area contributed by atoms with Gasteiger partial charge >= 0.3 is 0 Å². The molecule has 0 aliphatic heterocycles. The number of benzene rings is 2. The first kappa shape index (κ1) is 20.4. The minimum Gasteiger partial charge on any atom is -0.543 e. The molecule has 0 amide bonds. The Balaban J connectivity index is 2.65. The Bertz CT molecular complexity index is 881. The van der Waals surface area contributed by atoms with Gasteiger partial charge in [-0.3, -0.25) is 0 Å². The highest BCUT2D eigenvalue weighted by Gasteiger charge is 2.41. The highest BCUT2D eigenvalue weighted by Crippen LogP contribution is 2.43. The maximum atomic E-state index is 14.2. The Labute approximate surface area is 167 Å². The highest BCUT2D eigenvalue weighted by molar-refractivity contribution is 6.75. The second-order valence-corrected chi connectivity index (χ2v) is 19.9. The molecular weight excluding hydrogens is 371 g/mol. The molecule has 27 heavy (non-hydrogen) atoms. The van der Waals surface area contributed by atoms with E-state index in [9.17, 15) is 4.39 Å². The lowest BCUT2D eigenvalue weighted by atomic mass is 10.1. The van der Waals surface area contributed by atoms with Crippen molar-refractivity contribution < 1.29 is 14.6 Å². The molecule has 150 valence electrons. The first-order valence-corrected chi connectivity index (χ1v) is 15.4. The van der Waals surface area contributed by atoms with Crippen LogP contribution >= 0.6 is 0 Å². The zero-order valence-electron chi connectivity index (χ0n) is 19.5. The molecule has 0 aliphatic carbocycles. The third-order valence-electron chi connectivity index (χ3n) is 6.13. The van der Waals surface area contributed by atoms with Crippen LogP contribution < -0.4 is 8.85 Å². The Morgan fingerprint density at radius 2 is 1.37 bits per heavy atom. The van der Waals surface area contributed by atoms with E-state index in [1.54, 1.807) is 6.07 Å². The monoisotopic (exact) mass is 407 g/mol. The van der Waals surface area contributed by atoms with E-state index in [-0.39, 0.29) is 16.1 Å². The second-order valence-electron chi connectivity index (χ2n) is 10.4. The average molecular weight is 408 g/mol. The molecule has 2 rings (SSSR count). The Morgan fingerprint density at radius 1 is 0.852 bits per heavy atom. The number of halogens is 1. The maximum absolute atomic E-state index is 14.2.